The van der Waals surface area contributed by atoms with Crippen molar-refractivity contribution in [3.05, 3.63) is 41.7 Å². The van der Waals surface area contributed by atoms with Crippen LogP contribution in [0.3, 0.4) is 0 Å². The fourth-order valence-corrected chi connectivity index (χ4v) is 3.02. The van der Waals surface area contributed by atoms with Crippen LogP contribution < -0.4 is 15.8 Å². The Bertz CT molecular complexity index is 812. The van der Waals surface area contributed by atoms with Gasteiger partial charge in [0.25, 0.3) is 0 Å². The van der Waals surface area contributed by atoms with E-state index in [0.29, 0.717) is 10.8 Å². The summed E-state index contributed by atoms with van der Waals surface area (Å²) in [6, 6.07) is 6.05. The average molecular weight is 353 g/mol. The van der Waals surface area contributed by atoms with Gasteiger partial charge in [-0.15, -0.1) is 0 Å². The number of rotatable bonds is 4. The molecule has 4 N–H and O–H groups in total. The van der Waals surface area contributed by atoms with E-state index in [0.717, 1.165) is 11.3 Å². The van der Waals surface area contributed by atoms with E-state index < -0.39 is 10.0 Å². The highest BCUT2D eigenvalue weighted by atomic mass is 32.2. The van der Waals surface area contributed by atoms with E-state index in [1.807, 2.05) is 27.1 Å². The number of sulfonamides is 1. The van der Waals surface area contributed by atoms with Crippen LogP contribution in [0.4, 0.5) is 5.69 Å². The molecular weight excluding hydrogens is 334 g/mol. The molecule has 0 aliphatic rings. The molecule has 2 rings (SSSR count). The Morgan fingerprint density at radius 1 is 1.35 bits per heavy atom. The van der Waals surface area contributed by atoms with Crippen LogP contribution in [0.5, 0.6) is 0 Å². The number of hydrogen-bond donors (Lipinski definition) is 3. The molecule has 124 valence electrons. The van der Waals surface area contributed by atoms with Crippen molar-refractivity contribution in [2.75, 3.05) is 5.32 Å². The summed E-state index contributed by atoms with van der Waals surface area (Å²) in [7, 11) is -1.82. The van der Waals surface area contributed by atoms with Crippen LogP contribution in [0, 0.1) is 6.92 Å². The molecule has 0 aliphatic heterocycles. The van der Waals surface area contributed by atoms with Crippen LogP contribution in [0.25, 0.3) is 0 Å². The van der Waals surface area contributed by atoms with E-state index in [9.17, 15) is 8.42 Å². The molecule has 0 unspecified atom stereocenters. The lowest BCUT2D eigenvalue weighted by Crippen LogP contribution is -2.31. The molecule has 0 saturated carbocycles. The maximum Gasteiger partial charge on any atom is 0.238 e. The van der Waals surface area contributed by atoms with E-state index in [1.54, 1.807) is 16.8 Å². The van der Waals surface area contributed by atoms with Crippen molar-refractivity contribution in [3.8, 4) is 0 Å². The lowest BCUT2D eigenvalue weighted by atomic mass is 10.1. The fraction of sp³-hybridized carbons (Fsp3) is 0.286. The van der Waals surface area contributed by atoms with Gasteiger partial charge in [0.15, 0.2) is 5.11 Å². The van der Waals surface area contributed by atoms with E-state index in [4.69, 9.17) is 17.4 Å². The number of nitrogens with one attached hydrogen (secondary N) is 2. The van der Waals surface area contributed by atoms with Crippen molar-refractivity contribution < 1.29 is 8.42 Å². The molecule has 1 atom stereocenters. The van der Waals surface area contributed by atoms with E-state index in [-0.39, 0.29) is 10.9 Å². The minimum absolute atomic E-state index is 0.00704. The zero-order chi connectivity index (χ0) is 17.2. The second kappa shape index (κ2) is 6.65. The Hall–Kier alpha value is -1.97. The van der Waals surface area contributed by atoms with Crippen LogP contribution in [-0.4, -0.2) is 23.3 Å². The molecule has 0 bridgehead atoms. The topological polar surface area (TPSA) is 102 Å². The van der Waals surface area contributed by atoms with Gasteiger partial charge in [-0.25, -0.2) is 13.6 Å². The van der Waals surface area contributed by atoms with Crippen LogP contribution in [0.1, 0.15) is 24.2 Å². The van der Waals surface area contributed by atoms with Gasteiger partial charge in [-0.05, 0) is 50.3 Å². The first-order valence-electron chi connectivity index (χ1n) is 6.87. The largest absolute Gasteiger partial charge is 0.356 e. The average Bonchev–Trinajstić information content (AvgIpc) is 2.77. The normalized spacial score (nSPS) is 12.7. The zero-order valence-corrected chi connectivity index (χ0v) is 14.7. The molecule has 23 heavy (non-hydrogen) atoms. The molecule has 0 radical (unpaired) electrons. The predicted octanol–water partition coefficient (Wildman–Crippen LogP) is 1.42. The highest BCUT2D eigenvalue weighted by molar-refractivity contribution is 7.89. The number of anilines is 1. The molecular formula is C14H19N5O2S2. The molecule has 2 aromatic rings. The number of aromatic nitrogens is 2. The van der Waals surface area contributed by atoms with Gasteiger partial charge in [0.2, 0.25) is 10.0 Å². The first-order chi connectivity index (χ1) is 10.7. The third kappa shape index (κ3) is 4.50. The number of nitrogens with zero attached hydrogens (tertiary/aromatic N) is 2. The van der Waals surface area contributed by atoms with Crippen molar-refractivity contribution in [2.24, 2.45) is 12.2 Å². The van der Waals surface area contributed by atoms with Gasteiger partial charge in [0, 0.05) is 24.5 Å². The Kier molecular flexibility index (Phi) is 5.03. The minimum atomic E-state index is -3.69. The quantitative estimate of drug-likeness (QED) is 0.719. The molecule has 0 fully saturated rings. The SMILES string of the molecule is Cc1nn(C)cc1[C@H](C)NC(=S)Nc1ccc(S(N)(=O)=O)cc1. The molecule has 0 amide bonds. The van der Waals surface area contributed by atoms with Gasteiger partial charge in [0.1, 0.15) is 0 Å². The summed E-state index contributed by atoms with van der Waals surface area (Å²) >= 11 is 5.28. The van der Waals surface area contributed by atoms with Crippen molar-refractivity contribution in [3.63, 3.8) is 0 Å². The van der Waals surface area contributed by atoms with Crippen LogP contribution in [0.2, 0.25) is 0 Å². The molecule has 7 nitrogen and oxygen atoms in total. The van der Waals surface area contributed by atoms with Crippen molar-refractivity contribution in [1.82, 2.24) is 15.1 Å². The number of nitrogens with two attached hydrogens (primary N) is 1. The van der Waals surface area contributed by atoms with Gasteiger partial charge in [0.05, 0.1) is 16.6 Å². The molecule has 1 heterocycles. The summed E-state index contributed by atoms with van der Waals surface area (Å²) in [5, 5.41) is 16.0. The number of primary sulfonamides is 1. The third-order valence-electron chi connectivity index (χ3n) is 3.31. The third-order valence-corrected chi connectivity index (χ3v) is 4.46. The van der Waals surface area contributed by atoms with Gasteiger partial charge >= 0.3 is 0 Å². The Morgan fingerprint density at radius 2 is 1.96 bits per heavy atom. The monoisotopic (exact) mass is 353 g/mol. The van der Waals surface area contributed by atoms with E-state index in [2.05, 4.69) is 15.7 Å². The Morgan fingerprint density at radius 3 is 2.43 bits per heavy atom. The molecule has 1 aromatic heterocycles. The van der Waals surface area contributed by atoms with Crippen LogP contribution in [0.15, 0.2) is 35.4 Å². The number of thiocarbonyl (C=S) groups is 1. The second-order valence-electron chi connectivity index (χ2n) is 5.23. The summed E-state index contributed by atoms with van der Waals surface area (Å²) in [4.78, 5) is 0.0567. The number of aryl methyl sites for hydroxylation is 2. The summed E-state index contributed by atoms with van der Waals surface area (Å²) in [5.74, 6) is 0. The maximum atomic E-state index is 11.2. The van der Waals surface area contributed by atoms with Crippen LogP contribution >= 0.6 is 12.2 Å². The van der Waals surface area contributed by atoms with E-state index in [1.165, 1.54) is 12.1 Å². The highest BCUT2D eigenvalue weighted by Gasteiger charge is 2.13. The maximum absolute atomic E-state index is 11.2. The Balaban J connectivity index is 2.01. The lowest BCUT2D eigenvalue weighted by molar-refractivity contribution is 0.598. The van der Waals surface area contributed by atoms with Crippen molar-refractivity contribution in [2.45, 2.75) is 24.8 Å². The first kappa shape index (κ1) is 17.4. The zero-order valence-electron chi connectivity index (χ0n) is 13.1. The van der Waals surface area contributed by atoms with Crippen LogP contribution in [-0.2, 0) is 17.1 Å². The molecule has 1 aromatic carbocycles. The molecule has 0 spiro atoms. The van der Waals surface area contributed by atoms with E-state index >= 15 is 0 Å². The summed E-state index contributed by atoms with van der Waals surface area (Å²) in [6.45, 7) is 3.93. The smallest absolute Gasteiger partial charge is 0.238 e. The lowest BCUT2D eigenvalue weighted by Gasteiger charge is -2.16. The van der Waals surface area contributed by atoms with Crippen molar-refractivity contribution >= 4 is 33.0 Å². The second-order valence-corrected chi connectivity index (χ2v) is 7.20. The number of benzene rings is 1. The predicted molar refractivity (Wildman–Crippen MR) is 93.5 cm³/mol. The standard InChI is InChI=1S/C14H19N5O2S2/c1-9(13-8-19(3)18-10(13)2)16-14(22)17-11-4-6-12(7-5-11)23(15,20)21/h4-9H,1-3H3,(H2,15,20,21)(H2,16,17,22)/t9-/m0/s1. The van der Waals surface area contributed by atoms with Gasteiger partial charge in [-0.1, -0.05) is 0 Å². The van der Waals surface area contributed by atoms with Gasteiger partial charge < -0.3 is 10.6 Å². The molecule has 9 heteroatoms. The first-order valence-corrected chi connectivity index (χ1v) is 8.83. The summed E-state index contributed by atoms with van der Waals surface area (Å²) in [5.41, 5.74) is 2.67. The summed E-state index contributed by atoms with van der Waals surface area (Å²) in [6.07, 6.45) is 1.94. The molecule has 0 aliphatic carbocycles. The minimum Gasteiger partial charge on any atom is -0.356 e. The van der Waals surface area contributed by atoms with Gasteiger partial charge in [-0.2, -0.15) is 5.10 Å². The number of hydrogen-bond acceptors (Lipinski definition) is 4. The summed E-state index contributed by atoms with van der Waals surface area (Å²) < 4.78 is 24.2. The molecule has 0 saturated heterocycles. The highest BCUT2D eigenvalue weighted by Crippen LogP contribution is 2.16. The Labute approximate surface area is 140 Å². The van der Waals surface area contributed by atoms with Crippen molar-refractivity contribution in [1.29, 1.82) is 0 Å². The van der Waals surface area contributed by atoms with Gasteiger partial charge in [-0.3, -0.25) is 4.68 Å². The fourth-order valence-electron chi connectivity index (χ4n) is 2.21.